The standard InChI is InChI=1S/C8H12O/c1-3-5-6-7-8(9)4-2/h5,7H,3-4H2,1-2H3. The summed E-state index contributed by atoms with van der Waals surface area (Å²) >= 11 is 0. The van der Waals surface area contributed by atoms with Gasteiger partial charge in [-0.3, -0.25) is 4.79 Å². The van der Waals surface area contributed by atoms with Gasteiger partial charge in [-0.2, -0.15) is 0 Å². The van der Waals surface area contributed by atoms with Gasteiger partial charge in [-0.25, -0.2) is 0 Å². The first-order valence-electron chi connectivity index (χ1n) is 3.25. The average molecular weight is 124 g/mol. The van der Waals surface area contributed by atoms with E-state index >= 15 is 0 Å². The topological polar surface area (TPSA) is 17.1 Å². The van der Waals surface area contributed by atoms with Crippen LogP contribution in [0.5, 0.6) is 0 Å². The largest absolute Gasteiger partial charge is 0.294 e. The fourth-order valence-electron chi connectivity index (χ4n) is 0.372. The maximum absolute atomic E-state index is 10.5. The molecule has 0 amide bonds. The van der Waals surface area contributed by atoms with Crippen LogP contribution in [-0.4, -0.2) is 5.78 Å². The first-order valence-corrected chi connectivity index (χ1v) is 3.25. The van der Waals surface area contributed by atoms with Crippen LogP contribution in [0, 0.1) is 0 Å². The molecule has 0 aromatic heterocycles. The van der Waals surface area contributed by atoms with E-state index in [-0.39, 0.29) is 5.78 Å². The summed E-state index contributed by atoms with van der Waals surface area (Å²) in [6.07, 6.45) is 4.84. The second kappa shape index (κ2) is 5.33. The van der Waals surface area contributed by atoms with Crippen molar-refractivity contribution < 1.29 is 4.79 Å². The van der Waals surface area contributed by atoms with Gasteiger partial charge in [0.1, 0.15) is 0 Å². The van der Waals surface area contributed by atoms with Crippen LogP contribution in [0.15, 0.2) is 17.9 Å². The molecule has 1 heteroatoms. The quantitative estimate of drug-likeness (QED) is 0.416. The lowest BCUT2D eigenvalue weighted by Crippen LogP contribution is -1.84. The van der Waals surface area contributed by atoms with Crippen molar-refractivity contribution in [2.24, 2.45) is 0 Å². The summed E-state index contributed by atoms with van der Waals surface area (Å²) in [6.45, 7) is 3.85. The smallest absolute Gasteiger partial charge is 0.163 e. The average Bonchev–Trinajstić information content (AvgIpc) is 1.89. The molecule has 0 rings (SSSR count). The minimum atomic E-state index is 0.139. The Kier molecular flexibility index (Phi) is 4.85. The van der Waals surface area contributed by atoms with E-state index < -0.39 is 0 Å². The fraction of sp³-hybridized carbons (Fsp3) is 0.500. The van der Waals surface area contributed by atoms with Crippen molar-refractivity contribution in [3.63, 3.8) is 0 Å². The van der Waals surface area contributed by atoms with Crippen LogP contribution in [-0.2, 0) is 4.79 Å². The molecule has 0 atom stereocenters. The number of carbonyl (C=O) groups excluding carboxylic acids is 1. The first-order chi connectivity index (χ1) is 4.31. The number of rotatable bonds is 3. The van der Waals surface area contributed by atoms with Crippen molar-refractivity contribution in [2.45, 2.75) is 26.7 Å². The summed E-state index contributed by atoms with van der Waals surface area (Å²) in [5.74, 6) is 0.139. The first kappa shape index (κ1) is 8.19. The SMILES string of the molecule is CCC=C=CC(=O)CC. The molecule has 0 N–H and O–H groups in total. The molecule has 50 valence electrons. The van der Waals surface area contributed by atoms with Gasteiger partial charge in [0, 0.05) is 12.5 Å². The zero-order valence-corrected chi connectivity index (χ0v) is 5.98. The lowest BCUT2D eigenvalue weighted by Gasteiger charge is -1.77. The number of hydrogen-bond donors (Lipinski definition) is 0. The van der Waals surface area contributed by atoms with Crippen molar-refractivity contribution in [3.8, 4) is 0 Å². The van der Waals surface area contributed by atoms with Crippen LogP contribution >= 0.6 is 0 Å². The van der Waals surface area contributed by atoms with Crippen LogP contribution in [0.3, 0.4) is 0 Å². The van der Waals surface area contributed by atoms with E-state index in [0.717, 1.165) is 6.42 Å². The monoisotopic (exact) mass is 124 g/mol. The highest BCUT2D eigenvalue weighted by molar-refractivity contribution is 5.89. The third-order valence-electron chi connectivity index (χ3n) is 0.915. The van der Waals surface area contributed by atoms with Gasteiger partial charge in [-0.15, -0.1) is 5.73 Å². The summed E-state index contributed by atoms with van der Waals surface area (Å²) in [5, 5.41) is 0. The molecule has 0 aromatic carbocycles. The van der Waals surface area contributed by atoms with E-state index in [1.54, 1.807) is 0 Å². The molecule has 0 fully saturated rings. The molecule has 0 saturated heterocycles. The van der Waals surface area contributed by atoms with Gasteiger partial charge >= 0.3 is 0 Å². The molecule has 0 heterocycles. The Morgan fingerprint density at radius 2 is 2.22 bits per heavy atom. The molecule has 9 heavy (non-hydrogen) atoms. The molecule has 0 aromatic rings. The molecule has 0 aliphatic carbocycles. The van der Waals surface area contributed by atoms with E-state index in [1.807, 2.05) is 19.9 Å². The third-order valence-corrected chi connectivity index (χ3v) is 0.915. The Morgan fingerprint density at radius 1 is 1.56 bits per heavy atom. The predicted octanol–water partition coefficient (Wildman–Crippen LogP) is 2.09. The minimum Gasteiger partial charge on any atom is -0.294 e. The zero-order chi connectivity index (χ0) is 7.11. The maximum atomic E-state index is 10.5. The summed E-state index contributed by atoms with van der Waals surface area (Å²) in [6, 6.07) is 0. The summed E-state index contributed by atoms with van der Waals surface area (Å²) in [5.41, 5.74) is 2.79. The van der Waals surface area contributed by atoms with Crippen molar-refractivity contribution >= 4 is 5.78 Å². The van der Waals surface area contributed by atoms with Crippen LogP contribution in [0.2, 0.25) is 0 Å². The predicted molar refractivity (Wildman–Crippen MR) is 38.2 cm³/mol. The van der Waals surface area contributed by atoms with Crippen molar-refractivity contribution in [2.75, 3.05) is 0 Å². The van der Waals surface area contributed by atoms with Gasteiger partial charge in [0.25, 0.3) is 0 Å². The van der Waals surface area contributed by atoms with Crippen LogP contribution in [0.1, 0.15) is 26.7 Å². The maximum Gasteiger partial charge on any atom is 0.163 e. The third kappa shape index (κ3) is 5.05. The van der Waals surface area contributed by atoms with Crippen LogP contribution < -0.4 is 0 Å². The summed E-state index contributed by atoms with van der Waals surface area (Å²) in [7, 11) is 0. The van der Waals surface area contributed by atoms with Gasteiger partial charge in [0.15, 0.2) is 5.78 Å². The Morgan fingerprint density at radius 3 is 2.67 bits per heavy atom. The second-order valence-electron chi connectivity index (χ2n) is 1.74. The Labute approximate surface area is 56.1 Å². The highest BCUT2D eigenvalue weighted by Gasteiger charge is 1.84. The van der Waals surface area contributed by atoms with E-state index in [2.05, 4.69) is 5.73 Å². The molecule has 0 aliphatic rings. The Hall–Kier alpha value is -0.810. The van der Waals surface area contributed by atoms with Gasteiger partial charge in [-0.05, 0) is 12.5 Å². The number of allylic oxidation sites excluding steroid dienone is 1. The number of hydrogen-bond acceptors (Lipinski definition) is 1. The van der Waals surface area contributed by atoms with E-state index in [1.165, 1.54) is 6.08 Å². The van der Waals surface area contributed by atoms with Crippen molar-refractivity contribution in [1.82, 2.24) is 0 Å². The van der Waals surface area contributed by atoms with Crippen LogP contribution in [0.4, 0.5) is 0 Å². The fourth-order valence-corrected chi connectivity index (χ4v) is 0.372. The van der Waals surface area contributed by atoms with Gasteiger partial charge in [0.05, 0.1) is 0 Å². The van der Waals surface area contributed by atoms with E-state index in [0.29, 0.717) is 6.42 Å². The lowest BCUT2D eigenvalue weighted by molar-refractivity contribution is -0.114. The summed E-state index contributed by atoms with van der Waals surface area (Å²) in [4.78, 5) is 10.5. The highest BCUT2D eigenvalue weighted by Crippen LogP contribution is 1.81. The van der Waals surface area contributed by atoms with Gasteiger partial charge in [-0.1, -0.05) is 13.8 Å². The van der Waals surface area contributed by atoms with Gasteiger partial charge < -0.3 is 0 Å². The molecule has 0 spiro atoms. The molecule has 0 saturated carbocycles. The summed E-state index contributed by atoms with van der Waals surface area (Å²) < 4.78 is 0. The minimum absolute atomic E-state index is 0.139. The molecule has 1 nitrogen and oxygen atoms in total. The lowest BCUT2D eigenvalue weighted by atomic mass is 10.3. The van der Waals surface area contributed by atoms with E-state index in [4.69, 9.17) is 0 Å². The van der Waals surface area contributed by atoms with Gasteiger partial charge in [0.2, 0.25) is 0 Å². The van der Waals surface area contributed by atoms with E-state index in [9.17, 15) is 4.79 Å². The van der Waals surface area contributed by atoms with Crippen molar-refractivity contribution in [1.29, 1.82) is 0 Å². The normalized spacial score (nSPS) is 7.78. The zero-order valence-electron chi connectivity index (χ0n) is 5.98. The molecule has 0 radical (unpaired) electrons. The second-order valence-corrected chi connectivity index (χ2v) is 1.74. The Balaban J connectivity index is 3.69. The van der Waals surface area contributed by atoms with Crippen LogP contribution in [0.25, 0.3) is 0 Å². The Bertz CT molecular complexity index is 139. The molecule has 0 unspecified atom stereocenters. The number of ketones is 1. The molecular formula is C8H12O. The molecule has 0 bridgehead atoms. The number of carbonyl (C=O) groups is 1. The molecule has 0 aliphatic heterocycles. The molecular weight excluding hydrogens is 112 g/mol. The van der Waals surface area contributed by atoms with Crippen molar-refractivity contribution in [3.05, 3.63) is 17.9 Å². The highest BCUT2D eigenvalue weighted by atomic mass is 16.1.